The molecule has 8 nitrogen and oxygen atoms in total. The molecular formula is C33H34BrN3O5S. The molecule has 2 amide bonds. The van der Waals surface area contributed by atoms with Gasteiger partial charge in [0, 0.05) is 24.5 Å². The van der Waals surface area contributed by atoms with Crippen molar-refractivity contribution in [3.05, 3.63) is 130 Å². The van der Waals surface area contributed by atoms with Gasteiger partial charge in [-0.3, -0.25) is 13.9 Å². The smallest absolute Gasteiger partial charge is 0.244 e. The van der Waals surface area contributed by atoms with Crippen LogP contribution in [0.2, 0.25) is 0 Å². The van der Waals surface area contributed by atoms with Crippen LogP contribution in [0.25, 0.3) is 0 Å². The van der Waals surface area contributed by atoms with Crippen molar-refractivity contribution in [3.8, 4) is 5.75 Å². The number of carbonyl (C=O) groups is 2. The highest BCUT2D eigenvalue weighted by Gasteiger charge is 2.32. The lowest BCUT2D eigenvalue weighted by Gasteiger charge is -2.33. The summed E-state index contributed by atoms with van der Waals surface area (Å²) in [4.78, 5) is 28.7. The Kier molecular flexibility index (Phi) is 11.0. The predicted molar refractivity (Wildman–Crippen MR) is 172 cm³/mol. The lowest BCUT2D eigenvalue weighted by Crippen LogP contribution is -2.52. The molecule has 10 heteroatoms. The normalized spacial score (nSPS) is 11.8. The number of ether oxygens (including phenoxy) is 1. The summed E-state index contributed by atoms with van der Waals surface area (Å²) >= 11 is 3.43. The molecule has 0 saturated carbocycles. The molecule has 0 saturated heterocycles. The predicted octanol–water partition coefficient (Wildman–Crippen LogP) is 5.18. The third-order valence-electron chi connectivity index (χ3n) is 6.84. The molecule has 0 aliphatic rings. The van der Waals surface area contributed by atoms with Crippen LogP contribution in [0.4, 0.5) is 5.69 Å². The van der Waals surface area contributed by atoms with Crippen LogP contribution < -0.4 is 14.4 Å². The van der Waals surface area contributed by atoms with E-state index in [2.05, 4.69) is 21.2 Å². The van der Waals surface area contributed by atoms with Crippen LogP contribution in [0.3, 0.4) is 0 Å². The maximum absolute atomic E-state index is 14.0. The third kappa shape index (κ3) is 9.17. The quantitative estimate of drug-likeness (QED) is 0.213. The third-order valence-corrected chi connectivity index (χ3v) is 8.51. The lowest BCUT2D eigenvalue weighted by molar-refractivity contribution is -0.139. The van der Waals surface area contributed by atoms with Gasteiger partial charge >= 0.3 is 0 Å². The molecule has 0 aliphatic heterocycles. The summed E-state index contributed by atoms with van der Waals surface area (Å²) in [6, 6.07) is 32.2. The van der Waals surface area contributed by atoms with Crippen molar-refractivity contribution >= 4 is 43.5 Å². The molecule has 0 spiro atoms. The number of carbonyl (C=O) groups excluding carboxylic acids is 2. The van der Waals surface area contributed by atoms with Crippen molar-refractivity contribution in [3.63, 3.8) is 0 Å². The van der Waals surface area contributed by atoms with E-state index in [1.54, 1.807) is 24.3 Å². The minimum absolute atomic E-state index is 0.112. The Morgan fingerprint density at radius 3 is 1.95 bits per heavy atom. The summed E-state index contributed by atoms with van der Waals surface area (Å²) < 4.78 is 33.7. The second-order valence-corrected chi connectivity index (χ2v) is 12.8. The van der Waals surface area contributed by atoms with Gasteiger partial charge in [-0.1, -0.05) is 88.7 Å². The monoisotopic (exact) mass is 663 g/mol. The first-order valence-corrected chi connectivity index (χ1v) is 16.3. The Morgan fingerprint density at radius 1 is 0.814 bits per heavy atom. The van der Waals surface area contributed by atoms with Gasteiger partial charge in [0.1, 0.15) is 24.9 Å². The molecule has 0 aromatic heterocycles. The van der Waals surface area contributed by atoms with Crippen LogP contribution in [0.5, 0.6) is 5.75 Å². The zero-order valence-corrected chi connectivity index (χ0v) is 26.4. The first-order valence-electron chi connectivity index (χ1n) is 13.7. The van der Waals surface area contributed by atoms with E-state index >= 15 is 0 Å². The summed E-state index contributed by atoms with van der Waals surface area (Å²) in [6.45, 7) is -0.00939. The van der Waals surface area contributed by atoms with Crippen molar-refractivity contribution in [1.82, 2.24) is 10.2 Å². The molecule has 0 aliphatic carbocycles. The zero-order chi connectivity index (χ0) is 30.8. The highest BCUT2D eigenvalue weighted by molar-refractivity contribution is 9.10. The molecule has 4 aromatic rings. The number of nitrogens with one attached hydrogen (secondary N) is 1. The summed E-state index contributed by atoms with van der Waals surface area (Å²) in [6.07, 6.45) is 1.31. The van der Waals surface area contributed by atoms with Crippen LogP contribution in [0.1, 0.15) is 16.7 Å². The van der Waals surface area contributed by atoms with E-state index in [0.717, 1.165) is 31.7 Å². The van der Waals surface area contributed by atoms with Crippen LogP contribution in [-0.4, -0.2) is 51.0 Å². The Balaban J connectivity index is 1.61. The number of hydrogen-bond acceptors (Lipinski definition) is 5. The molecule has 0 fully saturated rings. The molecule has 1 atom stereocenters. The van der Waals surface area contributed by atoms with Crippen molar-refractivity contribution in [2.75, 3.05) is 24.2 Å². The fourth-order valence-electron chi connectivity index (χ4n) is 4.57. The highest BCUT2D eigenvalue weighted by atomic mass is 79.9. The SMILES string of the molecule is CNC(=O)C(Cc1ccccc1)N(Cc1ccc(Br)cc1)C(=O)CN(c1ccc(OCc2ccccc2)cc1)S(C)(=O)=O. The summed E-state index contributed by atoms with van der Waals surface area (Å²) in [5.41, 5.74) is 2.98. The largest absolute Gasteiger partial charge is 0.489 e. The minimum atomic E-state index is -3.87. The van der Waals surface area contributed by atoms with E-state index in [1.807, 2.05) is 84.9 Å². The Bertz CT molecular complexity index is 1600. The Labute approximate surface area is 261 Å². The number of halogens is 1. The molecule has 4 rings (SSSR count). The molecule has 1 N–H and O–H groups in total. The van der Waals surface area contributed by atoms with Gasteiger partial charge in [-0.2, -0.15) is 0 Å². The number of rotatable bonds is 13. The minimum Gasteiger partial charge on any atom is -0.489 e. The maximum atomic E-state index is 14.0. The van der Waals surface area contributed by atoms with E-state index in [1.165, 1.54) is 11.9 Å². The van der Waals surface area contributed by atoms with Crippen molar-refractivity contribution in [2.24, 2.45) is 0 Å². The van der Waals surface area contributed by atoms with Gasteiger partial charge in [-0.05, 0) is 53.1 Å². The number of likely N-dealkylation sites (N-methyl/N-ethyl adjacent to an activating group) is 1. The van der Waals surface area contributed by atoms with Gasteiger partial charge < -0.3 is 15.0 Å². The van der Waals surface area contributed by atoms with Crippen molar-refractivity contribution in [2.45, 2.75) is 25.6 Å². The number of nitrogens with zero attached hydrogens (tertiary/aromatic N) is 2. The second kappa shape index (κ2) is 14.8. The molecule has 43 heavy (non-hydrogen) atoms. The average Bonchev–Trinajstić information content (AvgIpc) is 3.01. The van der Waals surface area contributed by atoms with Gasteiger partial charge in [0.05, 0.1) is 11.9 Å². The summed E-state index contributed by atoms with van der Waals surface area (Å²) in [5.74, 6) is -0.297. The standard InChI is InChI=1S/C33H34BrN3O5S/c1-35-33(39)31(21-25-9-5-3-6-10-25)36(22-26-13-15-28(34)16-14-26)32(38)23-37(43(2,40)41)29-17-19-30(20-18-29)42-24-27-11-7-4-8-12-27/h3-20,31H,21-24H2,1-2H3,(H,35,39). The topological polar surface area (TPSA) is 96.0 Å². The van der Waals surface area contributed by atoms with Crippen LogP contribution in [0.15, 0.2) is 114 Å². The first kappa shape index (κ1) is 31.8. The van der Waals surface area contributed by atoms with E-state index in [-0.39, 0.29) is 18.9 Å². The van der Waals surface area contributed by atoms with E-state index < -0.39 is 28.5 Å². The molecule has 0 heterocycles. The second-order valence-electron chi connectivity index (χ2n) is 10.0. The van der Waals surface area contributed by atoms with Gasteiger partial charge in [0.2, 0.25) is 21.8 Å². The van der Waals surface area contributed by atoms with Gasteiger partial charge in [-0.25, -0.2) is 8.42 Å². The molecule has 0 radical (unpaired) electrons. The number of amides is 2. The summed E-state index contributed by atoms with van der Waals surface area (Å²) in [7, 11) is -2.34. The van der Waals surface area contributed by atoms with E-state index in [4.69, 9.17) is 4.74 Å². The number of benzene rings is 4. The van der Waals surface area contributed by atoms with Gasteiger partial charge in [0.15, 0.2) is 0 Å². The van der Waals surface area contributed by atoms with E-state index in [9.17, 15) is 18.0 Å². The highest BCUT2D eigenvalue weighted by Crippen LogP contribution is 2.24. The lowest BCUT2D eigenvalue weighted by atomic mass is 10.0. The van der Waals surface area contributed by atoms with Crippen LogP contribution >= 0.6 is 15.9 Å². The van der Waals surface area contributed by atoms with Gasteiger partial charge in [0.25, 0.3) is 0 Å². The fourth-order valence-corrected chi connectivity index (χ4v) is 5.68. The molecule has 0 bridgehead atoms. The zero-order valence-electron chi connectivity index (χ0n) is 24.0. The molecule has 4 aromatic carbocycles. The Morgan fingerprint density at radius 2 is 1.40 bits per heavy atom. The average molecular weight is 665 g/mol. The molecular weight excluding hydrogens is 630 g/mol. The van der Waals surface area contributed by atoms with Crippen molar-refractivity contribution in [1.29, 1.82) is 0 Å². The first-order chi connectivity index (χ1) is 20.6. The van der Waals surface area contributed by atoms with E-state index in [0.29, 0.717) is 18.0 Å². The van der Waals surface area contributed by atoms with Crippen molar-refractivity contribution < 1.29 is 22.7 Å². The number of anilines is 1. The number of hydrogen-bond donors (Lipinski definition) is 1. The van der Waals surface area contributed by atoms with Crippen LogP contribution in [-0.2, 0) is 39.2 Å². The fraction of sp³-hybridized carbons (Fsp3) is 0.212. The van der Waals surface area contributed by atoms with Crippen LogP contribution in [0, 0.1) is 0 Å². The number of sulfonamides is 1. The Hall–Kier alpha value is -4.15. The summed E-state index contributed by atoms with van der Waals surface area (Å²) in [5, 5.41) is 2.67. The maximum Gasteiger partial charge on any atom is 0.244 e. The molecule has 1 unspecified atom stereocenters. The van der Waals surface area contributed by atoms with Gasteiger partial charge in [-0.15, -0.1) is 0 Å². The molecule has 224 valence electrons.